The van der Waals surface area contributed by atoms with Crippen LogP contribution < -0.4 is 15.4 Å². The highest BCUT2D eigenvalue weighted by molar-refractivity contribution is 7.93. The number of alkyl halides is 3. The Kier molecular flexibility index (Phi) is 8.65. The van der Waals surface area contributed by atoms with Crippen molar-refractivity contribution >= 4 is 39.4 Å². The number of sulfonamides is 1. The molecule has 2 aromatic heterocycles. The fraction of sp³-hybridized carbons (Fsp3) is 0.391. The number of carbonyl (C=O) groups excluding carboxylic acids is 1. The summed E-state index contributed by atoms with van der Waals surface area (Å²) in [4.78, 5) is 27.9. The summed E-state index contributed by atoms with van der Waals surface area (Å²) in [5, 5.41) is 5.60. The number of nitrogens with one attached hydrogen (secondary N) is 4. The molecule has 0 aliphatic rings. The van der Waals surface area contributed by atoms with Crippen LogP contribution in [0, 0.1) is 0 Å². The van der Waals surface area contributed by atoms with Gasteiger partial charge in [-0.15, -0.1) is 0 Å². The Morgan fingerprint density at radius 3 is 2.49 bits per heavy atom. The predicted octanol–water partition coefficient (Wildman–Crippen LogP) is 4.90. The number of carbonyl (C=O) groups is 1. The number of aromatic amines is 1. The Morgan fingerprint density at radius 2 is 1.87 bits per heavy atom. The van der Waals surface area contributed by atoms with Crippen molar-refractivity contribution in [3.63, 3.8) is 0 Å². The summed E-state index contributed by atoms with van der Waals surface area (Å²) in [5.41, 5.74) is -5.06. The zero-order chi connectivity index (χ0) is 29.2. The molecule has 2 heterocycles. The van der Waals surface area contributed by atoms with Crippen molar-refractivity contribution in [2.45, 2.75) is 44.7 Å². The summed E-state index contributed by atoms with van der Waals surface area (Å²) >= 11 is 6.15. The number of hydrogen-bond donors (Lipinski definition) is 4. The number of H-pyrrole nitrogens is 1. The molecule has 0 saturated heterocycles. The van der Waals surface area contributed by atoms with E-state index in [1.807, 2.05) is 20.8 Å². The van der Waals surface area contributed by atoms with Gasteiger partial charge in [0.05, 0.1) is 29.9 Å². The van der Waals surface area contributed by atoms with Crippen LogP contribution in [0.4, 0.5) is 29.6 Å². The topological polar surface area (TPSA) is 151 Å². The van der Waals surface area contributed by atoms with E-state index in [1.165, 1.54) is 30.2 Å². The highest BCUT2D eigenvalue weighted by Crippen LogP contribution is 2.36. The van der Waals surface area contributed by atoms with E-state index in [0.29, 0.717) is 17.2 Å². The summed E-state index contributed by atoms with van der Waals surface area (Å²) in [5.74, 6) is 0.766. The first-order valence-corrected chi connectivity index (χ1v) is 13.3. The van der Waals surface area contributed by atoms with Gasteiger partial charge in [0, 0.05) is 34.8 Å². The summed E-state index contributed by atoms with van der Waals surface area (Å²) in [6, 6.07) is 4.98. The Balaban J connectivity index is 2.03. The van der Waals surface area contributed by atoms with Crippen molar-refractivity contribution in [1.29, 1.82) is 0 Å². The van der Waals surface area contributed by atoms with Crippen LogP contribution in [-0.2, 0) is 20.2 Å². The minimum Gasteiger partial charge on any atom is -0.453 e. The maximum absolute atomic E-state index is 12.9. The second kappa shape index (κ2) is 11.3. The second-order valence-corrected chi connectivity index (χ2v) is 11.6. The number of halogens is 4. The van der Waals surface area contributed by atoms with Crippen LogP contribution in [-0.4, -0.2) is 59.7 Å². The van der Waals surface area contributed by atoms with E-state index < -0.39 is 32.7 Å². The number of alkyl carbamates (subject to hydrolysis) is 1. The third kappa shape index (κ3) is 7.50. The van der Waals surface area contributed by atoms with Gasteiger partial charge < -0.3 is 20.4 Å². The van der Waals surface area contributed by atoms with Gasteiger partial charge in [-0.3, -0.25) is 4.72 Å². The molecule has 0 aliphatic carbocycles. The maximum atomic E-state index is 12.9. The van der Waals surface area contributed by atoms with Crippen LogP contribution in [0.5, 0.6) is 0 Å². The smallest absolute Gasteiger partial charge is 0.453 e. The highest BCUT2D eigenvalue weighted by Gasteiger charge is 2.46. The van der Waals surface area contributed by atoms with Gasteiger partial charge in [-0.05, 0) is 31.2 Å². The number of anilines is 2. The number of hydrogen-bond acceptors (Lipinski definition) is 8. The lowest BCUT2D eigenvalue weighted by atomic mass is 9.96. The normalized spacial score (nSPS) is 13.1. The van der Waals surface area contributed by atoms with Crippen LogP contribution in [0.3, 0.4) is 0 Å². The average Bonchev–Trinajstić information content (AvgIpc) is 3.28. The molecule has 0 fully saturated rings. The standard InChI is InChI=1S/C23H27ClF3N7O4S/c1-12(30-21(35)38-5)11-29-20-28-7-6-16(31-20)18-17(32-19(33-18)22(2,3)4)13-8-14(24)10-15(9-13)34-39(36,37)23(25,26)27/h6-10,12,34H,11H2,1-5H3,(H,30,35)(H,32,33)(H,28,29,31)/t12-/m0/s1. The number of rotatable bonds is 8. The van der Waals surface area contributed by atoms with E-state index in [2.05, 4.69) is 35.3 Å². The minimum atomic E-state index is -5.68. The third-order valence-electron chi connectivity index (χ3n) is 5.17. The largest absolute Gasteiger partial charge is 0.516 e. The van der Waals surface area contributed by atoms with Crippen molar-refractivity contribution in [2.75, 3.05) is 23.7 Å². The van der Waals surface area contributed by atoms with E-state index >= 15 is 0 Å². The molecule has 3 aromatic rings. The number of ether oxygens (including phenoxy) is 1. The number of methoxy groups -OCH3 is 1. The predicted molar refractivity (Wildman–Crippen MR) is 141 cm³/mol. The molecule has 39 heavy (non-hydrogen) atoms. The molecule has 0 radical (unpaired) electrons. The molecule has 0 saturated carbocycles. The lowest BCUT2D eigenvalue weighted by Gasteiger charge is -2.14. The molecular formula is C23H27ClF3N7O4S. The van der Waals surface area contributed by atoms with Crippen molar-refractivity contribution in [2.24, 2.45) is 0 Å². The molecule has 1 aromatic carbocycles. The Labute approximate surface area is 228 Å². The Hall–Kier alpha value is -3.59. The lowest BCUT2D eigenvalue weighted by molar-refractivity contribution is -0.0429. The molecule has 0 unspecified atom stereocenters. The number of amides is 1. The van der Waals surface area contributed by atoms with Crippen molar-refractivity contribution in [3.05, 3.63) is 41.3 Å². The van der Waals surface area contributed by atoms with Crippen molar-refractivity contribution in [3.8, 4) is 22.6 Å². The van der Waals surface area contributed by atoms with Crippen molar-refractivity contribution in [1.82, 2.24) is 25.3 Å². The third-order valence-corrected chi connectivity index (χ3v) is 6.50. The Bertz CT molecular complexity index is 1460. The highest BCUT2D eigenvalue weighted by atomic mass is 35.5. The quantitative estimate of drug-likeness (QED) is 0.289. The van der Waals surface area contributed by atoms with Crippen LogP contribution in [0.2, 0.25) is 5.02 Å². The Morgan fingerprint density at radius 1 is 1.18 bits per heavy atom. The maximum Gasteiger partial charge on any atom is 0.516 e. The molecule has 212 valence electrons. The lowest BCUT2D eigenvalue weighted by Crippen LogP contribution is -2.37. The van der Waals surface area contributed by atoms with Crippen LogP contribution in [0.15, 0.2) is 30.5 Å². The first kappa shape index (κ1) is 30.0. The molecule has 16 heteroatoms. The summed E-state index contributed by atoms with van der Waals surface area (Å²) in [6.45, 7) is 7.74. The molecule has 1 amide bonds. The van der Waals surface area contributed by atoms with Gasteiger partial charge in [0.25, 0.3) is 0 Å². The zero-order valence-electron chi connectivity index (χ0n) is 21.6. The monoisotopic (exact) mass is 589 g/mol. The minimum absolute atomic E-state index is 0.0178. The van der Waals surface area contributed by atoms with E-state index in [9.17, 15) is 26.4 Å². The number of nitrogens with zero attached hydrogens (tertiary/aromatic N) is 3. The first-order chi connectivity index (χ1) is 18.0. The van der Waals surface area contributed by atoms with Gasteiger partial charge in [-0.2, -0.15) is 21.6 Å². The number of benzene rings is 1. The van der Waals surface area contributed by atoms with Gasteiger partial charge >= 0.3 is 21.6 Å². The van der Waals surface area contributed by atoms with E-state index in [-0.39, 0.29) is 34.8 Å². The summed E-state index contributed by atoms with van der Waals surface area (Å²) < 4.78 is 68.3. The molecule has 4 N–H and O–H groups in total. The number of aromatic nitrogens is 4. The van der Waals surface area contributed by atoms with Crippen LogP contribution in [0.25, 0.3) is 22.6 Å². The van der Waals surface area contributed by atoms with Gasteiger partial charge in [-0.25, -0.2) is 19.7 Å². The molecule has 0 aliphatic heterocycles. The average molecular weight is 590 g/mol. The van der Waals surface area contributed by atoms with Crippen LogP contribution >= 0.6 is 11.6 Å². The van der Waals surface area contributed by atoms with Gasteiger partial charge in [0.15, 0.2) is 0 Å². The SMILES string of the molecule is COC(=O)N[C@@H](C)CNc1nccc(-c2[nH]c(C(C)(C)C)nc2-c2cc(Cl)cc(NS(=O)(=O)C(F)(F)F)c2)n1. The van der Waals surface area contributed by atoms with Crippen molar-refractivity contribution < 1.29 is 31.1 Å². The van der Waals surface area contributed by atoms with E-state index in [4.69, 9.17) is 11.6 Å². The van der Waals surface area contributed by atoms with Gasteiger partial charge in [0.1, 0.15) is 5.82 Å². The zero-order valence-corrected chi connectivity index (χ0v) is 23.1. The molecule has 1 atom stereocenters. The summed E-state index contributed by atoms with van der Waals surface area (Å²) in [7, 11) is -4.42. The fourth-order valence-corrected chi connectivity index (χ4v) is 4.04. The molecule has 0 bridgehead atoms. The number of imidazole rings is 1. The molecule has 11 nitrogen and oxygen atoms in total. The second-order valence-electron chi connectivity index (χ2n) is 9.52. The molecule has 3 rings (SSSR count). The van der Waals surface area contributed by atoms with E-state index in [1.54, 1.807) is 13.0 Å². The van der Waals surface area contributed by atoms with E-state index in [0.717, 1.165) is 6.07 Å². The fourth-order valence-electron chi connectivity index (χ4n) is 3.26. The van der Waals surface area contributed by atoms with Crippen LogP contribution in [0.1, 0.15) is 33.5 Å². The van der Waals surface area contributed by atoms with Gasteiger partial charge in [-0.1, -0.05) is 32.4 Å². The van der Waals surface area contributed by atoms with Gasteiger partial charge in [0.2, 0.25) is 5.95 Å². The summed E-state index contributed by atoms with van der Waals surface area (Å²) in [6.07, 6.45) is 0.903. The first-order valence-electron chi connectivity index (χ1n) is 11.4. The molecular weight excluding hydrogens is 563 g/mol. The molecule has 0 spiro atoms.